The monoisotopic (exact) mass is 350 g/mol. The van der Waals surface area contributed by atoms with E-state index in [-0.39, 0.29) is 11.6 Å². The first-order valence-corrected chi connectivity index (χ1v) is 7.41. The normalized spacial score (nSPS) is 12.0. The molecule has 2 rings (SSSR count). The first-order valence-electron chi connectivity index (χ1n) is 6.62. The molecule has 2 aromatic rings. The lowest BCUT2D eigenvalue weighted by molar-refractivity contribution is 0.0947. The lowest BCUT2D eigenvalue weighted by Crippen LogP contribution is -2.28. The number of halogens is 2. The van der Waals surface area contributed by atoms with Gasteiger partial charge in [-0.25, -0.2) is 4.39 Å². The molecular weight excluding hydrogens is 335 g/mol. The largest absolute Gasteiger partial charge is 0.352 e. The highest BCUT2D eigenvalue weighted by molar-refractivity contribution is 9.10. The van der Waals surface area contributed by atoms with Crippen LogP contribution >= 0.6 is 15.9 Å². The van der Waals surface area contributed by atoms with E-state index >= 15 is 0 Å². The van der Waals surface area contributed by atoms with Gasteiger partial charge in [0.05, 0.1) is 5.56 Å². The smallest absolute Gasteiger partial charge is 0.255 e. The summed E-state index contributed by atoms with van der Waals surface area (Å²) in [6.45, 7) is 0.385. The minimum atomic E-state index is -0.547. The Balaban J connectivity index is 1.90. The average Bonchev–Trinajstić information content (AvgIpc) is 2.48. The molecule has 0 radical (unpaired) electrons. The molecule has 1 amide bonds. The van der Waals surface area contributed by atoms with Crippen LogP contribution in [0.25, 0.3) is 0 Å². The molecule has 0 fully saturated rings. The van der Waals surface area contributed by atoms with E-state index in [9.17, 15) is 9.18 Å². The minimum Gasteiger partial charge on any atom is -0.352 e. The van der Waals surface area contributed by atoms with Gasteiger partial charge < -0.3 is 11.1 Å². The second kappa shape index (κ2) is 7.33. The Morgan fingerprint density at radius 2 is 1.90 bits per heavy atom. The van der Waals surface area contributed by atoms with Crippen molar-refractivity contribution in [3.8, 4) is 0 Å². The van der Waals surface area contributed by atoms with Gasteiger partial charge in [-0.1, -0.05) is 36.4 Å². The van der Waals surface area contributed by atoms with Gasteiger partial charge in [0.2, 0.25) is 0 Å². The summed E-state index contributed by atoms with van der Waals surface area (Å²) in [5, 5.41) is 2.69. The van der Waals surface area contributed by atoms with E-state index in [1.165, 1.54) is 6.07 Å². The quantitative estimate of drug-likeness (QED) is 0.868. The van der Waals surface area contributed by atoms with Crippen molar-refractivity contribution in [2.24, 2.45) is 5.73 Å². The van der Waals surface area contributed by atoms with Gasteiger partial charge in [-0.05, 0) is 40.0 Å². The first kappa shape index (κ1) is 15.7. The lowest BCUT2D eigenvalue weighted by Gasteiger charge is -2.13. The van der Waals surface area contributed by atoms with Gasteiger partial charge in [0.1, 0.15) is 5.82 Å². The lowest BCUT2D eigenvalue weighted by atomic mass is 10.0. The minimum absolute atomic E-state index is 0.0192. The molecule has 0 aliphatic carbocycles. The number of hydrogen-bond acceptors (Lipinski definition) is 2. The van der Waals surface area contributed by atoms with Crippen LogP contribution in [0.4, 0.5) is 4.39 Å². The zero-order valence-electron chi connectivity index (χ0n) is 11.4. The topological polar surface area (TPSA) is 55.1 Å². The molecule has 1 atom stereocenters. The number of amides is 1. The molecule has 0 saturated carbocycles. The first-order chi connectivity index (χ1) is 10.1. The Morgan fingerprint density at radius 1 is 1.19 bits per heavy atom. The number of carbonyl (C=O) groups excluding carboxylic acids is 1. The van der Waals surface area contributed by atoms with Crippen molar-refractivity contribution in [3.63, 3.8) is 0 Å². The van der Waals surface area contributed by atoms with Crippen LogP contribution in [0.1, 0.15) is 28.4 Å². The third-order valence-electron chi connectivity index (χ3n) is 3.16. The molecule has 0 bridgehead atoms. The molecule has 0 aliphatic rings. The molecule has 0 aromatic heterocycles. The van der Waals surface area contributed by atoms with Crippen LogP contribution in [-0.4, -0.2) is 12.5 Å². The van der Waals surface area contributed by atoms with E-state index in [2.05, 4.69) is 21.2 Å². The number of nitrogens with one attached hydrogen (secondary N) is 1. The molecule has 0 aliphatic heterocycles. The van der Waals surface area contributed by atoms with Gasteiger partial charge in [0.25, 0.3) is 5.91 Å². The number of carbonyl (C=O) groups is 1. The SMILES string of the molecule is NC(CCNC(=O)c1c(F)cccc1Br)c1ccccc1. The second-order valence-corrected chi connectivity index (χ2v) is 5.51. The molecule has 3 N–H and O–H groups in total. The Morgan fingerprint density at radius 3 is 2.57 bits per heavy atom. The van der Waals surface area contributed by atoms with E-state index < -0.39 is 11.7 Å². The van der Waals surface area contributed by atoms with Crippen LogP contribution in [0.3, 0.4) is 0 Å². The average molecular weight is 351 g/mol. The summed E-state index contributed by atoms with van der Waals surface area (Å²) >= 11 is 3.18. The van der Waals surface area contributed by atoms with Gasteiger partial charge >= 0.3 is 0 Å². The molecule has 1 unspecified atom stereocenters. The Bertz CT molecular complexity index is 599. The summed E-state index contributed by atoms with van der Waals surface area (Å²) in [5.41, 5.74) is 7.08. The summed E-state index contributed by atoms with van der Waals surface area (Å²) in [4.78, 5) is 12.0. The van der Waals surface area contributed by atoms with E-state index in [1.54, 1.807) is 12.1 Å². The zero-order valence-corrected chi connectivity index (χ0v) is 12.9. The van der Waals surface area contributed by atoms with E-state index in [0.717, 1.165) is 5.56 Å². The van der Waals surface area contributed by atoms with Gasteiger partial charge in [-0.15, -0.1) is 0 Å². The highest BCUT2D eigenvalue weighted by atomic mass is 79.9. The number of benzene rings is 2. The fraction of sp³-hybridized carbons (Fsp3) is 0.188. The summed E-state index contributed by atoms with van der Waals surface area (Å²) in [6, 6.07) is 13.9. The second-order valence-electron chi connectivity index (χ2n) is 4.66. The molecule has 0 heterocycles. The maximum Gasteiger partial charge on any atom is 0.255 e. The molecule has 2 aromatic carbocycles. The molecule has 0 spiro atoms. The third-order valence-corrected chi connectivity index (χ3v) is 3.82. The predicted octanol–water partition coefficient (Wildman–Crippen LogP) is 3.41. The molecule has 5 heteroatoms. The molecule has 110 valence electrons. The van der Waals surface area contributed by atoms with Gasteiger partial charge in [-0.2, -0.15) is 0 Å². The fourth-order valence-corrected chi connectivity index (χ4v) is 2.53. The molecule has 3 nitrogen and oxygen atoms in total. The maximum atomic E-state index is 13.6. The zero-order chi connectivity index (χ0) is 15.2. The van der Waals surface area contributed by atoms with Crippen molar-refractivity contribution < 1.29 is 9.18 Å². The summed E-state index contributed by atoms with van der Waals surface area (Å²) < 4.78 is 14.1. The van der Waals surface area contributed by atoms with Crippen LogP contribution in [0.5, 0.6) is 0 Å². The summed E-state index contributed by atoms with van der Waals surface area (Å²) in [7, 11) is 0. The van der Waals surface area contributed by atoms with E-state index in [0.29, 0.717) is 17.4 Å². The van der Waals surface area contributed by atoms with Crippen LogP contribution in [0.2, 0.25) is 0 Å². The predicted molar refractivity (Wildman–Crippen MR) is 84.4 cm³/mol. The Hall–Kier alpha value is -1.72. The maximum absolute atomic E-state index is 13.6. The summed E-state index contributed by atoms with van der Waals surface area (Å²) in [5.74, 6) is -0.991. The molecule has 21 heavy (non-hydrogen) atoms. The van der Waals surface area contributed by atoms with Gasteiger partial charge in [0.15, 0.2) is 0 Å². The van der Waals surface area contributed by atoms with Crippen LogP contribution in [-0.2, 0) is 0 Å². The van der Waals surface area contributed by atoms with E-state index in [4.69, 9.17) is 5.73 Å². The number of hydrogen-bond donors (Lipinski definition) is 2. The van der Waals surface area contributed by atoms with Crippen LogP contribution < -0.4 is 11.1 Å². The van der Waals surface area contributed by atoms with Gasteiger partial charge in [-0.3, -0.25) is 4.79 Å². The highest BCUT2D eigenvalue weighted by Crippen LogP contribution is 2.19. The van der Waals surface area contributed by atoms with Crippen LogP contribution in [0, 0.1) is 5.82 Å². The van der Waals surface area contributed by atoms with Crippen molar-refractivity contribution in [2.45, 2.75) is 12.5 Å². The van der Waals surface area contributed by atoms with Crippen molar-refractivity contribution in [1.29, 1.82) is 0 Å². The highest BCUT2D eigenvalue weighted by Gasteiger charge is 2.15. The fourth-order valence-electron chi connectivity index (χ4n) is 2.01. The number of nitrogens with two attached hydrogens (primary N) is 1. The van der Waals surface area contributed by atoms with Crippen molar-refractivity contribution in [2.75, 3.05) is 6.54 Å². The van der Waals surface area contributed by atoms with Gasteiger partial charge in [0, 0.05) is 17.1 Å². The van der Waals surface area contributed by atoms with Crippen LogP contribution in [0.15, 0.2) is 53.0 Å². The Labute approximate surface area is 131 Å². The van der Waals surface area contributed by atoms with E-state index in [1.807, 2.05) is 30.3 Å². The van der Waals surface area contributed by atoms with Crippen molar-refractivity contribution in [1.82, 2.24) is 5.32 Å². The standard InChI is InChI=1S/C16H16BrFN2O/c17-12-7-4-8-13(18)15(12)16(21)20-10-9-14(19)11-5-2-1-3-6-11/h1-8,14H,9-10,19H2,(H,20,21). The Kier molecular flexibility index (Phi) is 5.47. The molecular formula is C16H16BrFN2O. The van der Waals surface area contributed by atoms with Crippen molar-refractivity contribution >= 4 is 21.8 Å². The molecule has 0 saturated heterocycles. The van der Waals surface area contributed by atoms with Crippen molar-refractivity contribution in [3.05, 3.63) is 69.9 Å². The summed E-state index contributed by atoms with van der Waals surface area (Å²) in [6.07, 6.45) is 0.585. The number of rotatable bonds is 5. The third kappa shape index (κ3) is 4.12.